The highest BCUT2D eigenvalue weighted by Crippen LogP contribution is 2.33. The summed E-state index contributed by atoms with van der Waals surface area (Å²) in [5, 5.41) is 5.01. The molecule has 0 bridgehead atoms. The van der Waals surface area contributed by atoms with Crippen molar-refractivity contribution in [2.75, 3.05) is 23.3 Å². The first-order chi connectivity index (χ1) is 18.4. The van der Waals surface area contributed by atoms with Crippen LogP contribution >= 0.6 is 22.7 Å². The molecule has 194 valence electrons. The molecule has 0 saturated carbocycles. The van der Waals surface area contributed by atoms with Gasteiger partial charge < -0.3 is 10.2 Å². The van der Waals surface area contributed by atoms with Crippen LogP contribution in [-0.4, -0.2) is 23.6 Å². The lowest BCUT2D eigenvalue weighted by Gasteiger charge is -2.24. The number of nitrogens with one attached hydrogen (secondary N) is 1. The molecule has 3 heterocycles. The van der Waals surface area contributed by atoms with Crippen molar-refractivity contribution in [1.29, 1.82) is 0 Å². The number of amides is 1. The van der Waals surface area contributed by atoms with Crippen molar-refractivity contribution in [3.05, 3.63) is 113 Å². The SMILES string of the molecule is CCN(CC)c1ccc(/C=c2/sc3n(c2=O)C(c2cccs2)C(C(=O)Nc2ccccc2C)=C(C)N=3)cc1. The molecule has 0 spiro atoms. The van der Waals surface area contributed by atoms with Crippen LogP contribution in [0.2, 0.25) is 0 Å². The number of carbonyl (C=O) groups is 1. The van der Waals surface area contributed by atoms with Gasteiger partial charge in [-0.2, -0.15) is 0 Å². The van der Waals surface area contributed by atoms with Gasteiger partial charge in [-0.1, -0.05) is 47.7 Å². The number of rotatable bonds is 7. The van der Waals surface area contributed by atoms with E-state index < -0.39 is 6.04 Å². The Morgan fingerprint density at radius 1 is 1.05 bits per heavy atom. The maximum absolute atomic E-state index is 13.8. The van der Waals surface area contributed by atoms with Crippen LogP contribution in [0.25, 0.3) is 6.08 Å². The average Bonchev–Trinajstić information content (AvgIpc) is 3.55. The number of benzene rings is 2. The third kappa shape index (κ3) is 4.89. The lowest BCUT2D eigenvalue weighted by atomic mass is 10.0. The van der Waals surface area contributed by atoms with Crippen LogP contribution in [0.4, 0.5) is 11.4 Å². The Morgan fingerprint density at radius 2 is 1.79 bits per heavy atom. The van der Waals surface area contributed by atoms with E-state index in [1.165, 1.54) is 22.7 Å². The largest absolute Gasteiger partial charge is 0.372 e. The number of anilines is 2. The summed E-state index contributed by atoms with van der Waals surface area (Å²) in [4.78, 5) is 36.0. The summed E-state index contributed by atoms with van der Waals surface area (Å²) < 4.78 is 2.26. The first-order valence-electron chi connectivity index (χ1n) is 12.7. The minimum absolute atomic E-state index is 0.145. The predicted molar refractivity (Wildman–Crippen MR) is 158 cm³/mol. The van der Waals surface area contributed by atoms with E-state index in [1.54, 1.807) is 4.57 Å². The van der Waals surface area contributed by atoms with Crippen molar-refractivity contribution in [3.63, 3.8) is 0 Å². The minimum Gasteiger partial charge on any atom is -0.372 e. The number of fused-ring (bicyclic) bond motifs is 1. The highest BCUT2D eigenvalue weighted by atomic mass is 32.1. The number of aryl methyl sites for hydroxylation is 1. The monoisotopic (exact) mass is 542 g/mol. The highest BCUT2D eigenvalue weighted by molar-refractivity contribution is 7.10. The first kappa shape index (κ1) is 25.9. The van der Waals surface area contributed by atoms with Gasteiger partial charge >= 0.3 is 0 Å². The number of hydrogen-bond acceptors (Lipinski definition) is 6. The first-order valence-corrected chi connectivity index (χ1v) is 14.4. The quantitative estimate of drug-likeness (QED) is 0.354. The van der Waals surface area contributed by atoms with Crippen LogP contribution in [0.15, 0.2) is 87.1 Å². The van der Waals surface area contributed by atoms with Crippen LogP contribution in [0.1, 0.15) is 42.8 Å². The molecule has 2 aromatic carbocycles. The van der Waals surface area contributed by atoms with Gasteiger partial charge in [0.25, 0.3) is 11.5 Å². The Labute approximate surface area is 229 Å². The van der Waals surface area contributed by atoms with Gasteiger partial charge in [0.1, 0.15) is 6.04 Å². The maximum Gasteiger partial charge on any atom is 0.271 e. The zero-order valence-corrected chi connectivity index (χ0v) is 23.5. The molecule has 2 aromatic heterocycles. The summed E-state index contributed by atoms with van der Waals surface area (Å²) in [5.41, 5.74) is 4.78. The number of nitrogens with zero attached hydrogens (tertiary/aromatic N) is 3. The fourth-order valence-corrected chi connectivity index (χ4v) is 6.62. The number of thiophene rings is 1. The van der Waals surface area contributed by atoms with E-state index in [2.05, 4.69) is 36.2 Å². The van der Waals surface area contributed by atoms with Crippen molar-refractivity contribution in [2.24, 2.45) is 4.99 Å². The summed E-state index contributed by atoms with van der Waals surface area (Å²) in [5.74, 6) is -0.250. The van der Waals surface area contributed by atoms with Gasteiger partial charge in [-0.3, -0.25) is 14.2 Å². The van der Waals surface area contributed by atoms with Crippen LogP contribution in [0.3, 0.4) is 0 Å². The number of carbonyl (C=O) groups excluding carboxylic acids is 1. The second-order valence-corrected chi connectivity index (χ2v) is 11.1. The van der Waals surface area contributed by atoms with Crippen molar-refractivity contribution in [2.45, 2.75) is 33.7 Å². The average molecular weight is 543 g/mol. The molecule has 0 fully saturated rings. The van der Waals surface area contributed by atoms with E-state index in [9.17, 15) is 9.59 Å². The fourth-order valence-electron chi connectivity index (χ4n) is 4.75. The standard InChI is InChI=1S/C30H30N4O2S2/c1-5-33(6-2)22-15-13-21(14-16-22)18-25-29(36)34-27(24-12-9-17-37-24)26(20(4)31-30(34)38-25)28(35)32-23-11-8-7-10-19(23)3/h7-18,27H,5-6H2,1-4H3,(H,32,35)/b25-18+. The third-order valence-corrected chi connectivity index (χ3v) is 8.70. The summed E-state index contributed by atoms with van der Waals surface area (Å²) in [6.07, 6.45) is 1.91. The van der Waals surface area contributed by atoms with Crippen molar-refractivity contribution >= 4 is 46.0 Å². The Morgan fingerprint density at radius 3 is 2.45 bits per heavy atom. The van der Waals surface area contributed by atoms with Crippen molar-refractivity contribution in [3.8, 4) is 0 Å². The molecule has 1 atom stereocenters. The smallest absolute Gasteiger partial charge is 0.271 e. The Kier molecular flexibility index (Phi) is 7.44. The Balaban J connectivity index is 1.58. The Bertz CT molecular complexity index is 1680. The van der Waals surface area contributed by atoms with E-state index in [-0.39, 0.29) is 11.5 Å². The molecule has 1 N–H and O–H groups in total. The molecule has 0 radical (unpaired) electrons. The number of aromatic nitrogens is 1. The lowest BCUT2D eigenvalue weighted by molar-refractivity contribution is -0.113. The van der Waals surface area contributed by atoms with Crippen LogP contribution in [0, 0.1) is 6.92 Å². The van der Waals surface area contributed by atoms with E-state index >= 15 is 0 Å². The molecule has 0 aliphatic carbocycles. The van der Waals surface area contributed by atoms with Crippen molar-refractivity contribution in [1.82, 2.24) is 4.57 Å². The van der Waals surface area contributed by atoms with Gasteiger partial charge in [0, 0.05) is 29.3 Å². The normalized spacial score (nSPS) is 15.3. The van der Waals surface area contributed by atoms with E-state index in [1.807, 2.05) is 73.8 Å². The Hall–Kier alpha value is -3.75. The highest BCUT2D eigenvalue weighted by Gasteiger charge is 2.33. The zero-order valence-electron chi connectivity index (χ0n) is 21.9. The van der Waals surface area contributed by atoms with E-state index in [0.717, 1.165) is 40.5 Å². The molecule has 38 heavy (non-hydrogen) atoms. The van der Waals surface area contributed by atoms with E-state index in [4.69, 9.17) is 4.99 Å². The van der Waals surface area contributed by atoms with Crippen molar-refractivity contribution < 1.29 is 4.79 Å². The van der Waals surface area contributed by atoms with Crippen LogP contribution < -0.4 is 25.1 Å². The second-order valence-electron chi connectivity index (χ2n) is 9.13. The number of thiazole rings is 1. The summed E-state index contributed by atoms with van der Waals surface area (Å²) >= 11 is 2.89. The molecule has 1 unspecified atom stereocenters. The van der Waals surface area contributed by atoms with Crippen LogP contribution in [-0.2, 0) is 4.79 Å². The molecule has 4 aromatic rings. The molecule has 5 rings (SSSR count). The summed E-state index contributed by atoms with van der Waals surface area (Å²) in [6.45, 7) is 9.96. The topological polar surface area (TPSA) is 66.7 Å². The molecule has 1 aliphatic rings. The third-order valence-electron chi connectivity index (χ3n) is 6.79. The van der Waals surface area contributed by atoms with Crippen LogP contribution in [0.5, 0.6) is 0 Å². The lowest BCUT2D eigenvalue weighted by Crippen LogP contribution is -2.40. The number of allylic oxidation sites excluding steroid dienone is 1. The fraction of sp³-hybridized carbons (Fsp3) is 0.233. The second kappa shape index (κ2) is 10.9. The molecule has 8 heteroatoms. The zero-order chi connectivity index (χ0) is 26.8. The minimum atomic E-state index is -0.539. The van der Waals surface area contributed by atoms with Gasteiger partial charge in [-0.05, 0) is 74.5 Å². The molecular weight excluding hydrogens is 512 g/mol. The molecule has 1 aliphatic heterocycles. The summed E-state index contributed by atoms with van der Waals surface area (Å²) in [7, 11) is 0. The predicted octanol–water partition coefficient (Wildman–Crippen LogP) is 5.09. The number of para-hydroxylation sites is 1. The molecule has 6 nitrogen and oxygen atoms in total. The molecule has 0 saturated heterocycles. The van der Waals surface area contributed by atoms with Gasteiger partial charge in [-0.15, -0.1) is 11.3 Å². The van der Waals surface area contributed by atoms with Gasteiger partial charge in [0.05, 0.1) is 15.8 Å². The van der Waals surface area contributed by atoms with Gasteiger partial charge in [-0.25, -0.2) is 4.99 Å². The van der Waals surface area contributed by atoms with E-state index in [0.29, 0.717) is 20.6 Å². The molecule has 1 amide bonds. The maximum atomic E-state index is 13.8. The number of hydrogen-bond donors (Lipinski definition) is 1. The van der Waals surface area contributed by atoms with Gasteiger partial charge in [0.15, 0.2) is 4.80 Å². The summed E-state index contributed by atoms with van der Waals surface area (Å²) in [6, 6.07) is 19.3. The molecular formula is C30H30N4O2S2. The van der Waals surface area contributed by atoms with Gasteiger partial charge in [0.2, 0.25) is 0 Å².